The molecule has 0 bridgehead atoms. The number of nitrogens with one attached hydrogen (secondary N) is 1. The second kappa shape index (κ2) is 5.80. The average molecular weight is 310 g/mol. The van der Waals surface area contributed by atoms with Crippen LogP contribution in [0.25, 0.3) is 0 Å². The predicted molar refractivity (Wildman–Crippen MR) is 77.2 cm³/mol. The number of halogens is 1. The van der Waals surface area contributed by atoms with E-state index in [4.69, 9.17) is 17.3 Å². The van der Waals surface area contributed by atoms with E-state index in [0.29, 0.717) is 11.4 Å². The minimum absolute atomic E-state index is 0.0839. The van der Waals surface area contributed by atoms with Gasteiger partial charge in [-0.1, -0.05) is 11.6 Å². The van der Waals surface area contributed by atoms with Gasteiger partial charge in [-0.2, -0.15) is 5.10 Å². The molecule has 1 aromatic carbocycles. The number of rotatable bonds is 5. The Labute approximate surface area is 124 Å². The highest BCUT2D eigenvalue weighted by molar-refractivity contribution is 6.31. The van der Waals surface area contributed by atoms with Gasteiger partial charge in [-0.15, -0.1) is 0 Å². The number of aryl methyl sites for hydroxylation is 1. The van der Waals surface area contributed by atoms with Crippen LogP contribution in [0.15, 0.2) is 24.4 Å². The summed E-state index contributed by atoms with van der Waals surface area (Å²) in [6, 6.07) is 4.17. The van der Waals surface area contributed by atoms with Crippen LogP contribution in [0, 0.1) is 10.1 Å². The highest BCUT2D eigenvalue weighted by Crippen LogP contribution is 2.23. The number of non-ortho nitro benzene ring substituents is 1. The number of amides is 1. The molecule has 2 aromatic rings. The number of hydrogen-bond acceptors (Lipinski definition) is 5. The zero-order valence-corrected chi connectivity index (χ0v) is 11.8. The Morgan fingerprint density at radius 3 is 2.86 bits per heavy atom. The Balaban J connectivity index is 2.17. The molecule has 0 aliphatic carbocycles. The maximum Gasteiger partial charge on any atom is 0.270 e. The van der Waals surface area contributed by atoms with Gasteiger partial charge in [0.1, 0.15) is 5.56 Å². The van der Waals surface area contributed by atoms with Crippen molar-refractivity contribution in [3.8, 4) is 0 Å². The van der Waals surface area contributed by atoms with Crippen LogP contribution >= 0.6 is 11.6 Å². The molecule has 2 rings (SSSR count). The molecule has 0 unspecified atom stereocenters. The molecule has 3 N–H and O–H groups in total. The minimum atomic E-state index is -0.597. The molecule has 9 heteroatoms. The number of nitro groups is 1. The molecule has 0 fully saturated rings. The average Bonchev–Trinajstić information content (AvgIpc) is 2.78. The Kier molecular flexibility index (Phi) is 4.08. The van der Waals surface area contributed by atoms with Gasteiger partial charge in [0.05, 0.1) is 9.95 Å². The van der Waals surface area contributed by atoms with Gasteiger partial charge in [-0.25, -0.2) is 0 Å². The highest BCUT2D eigenvalue weighted by atomic mass is 35.5. The maximum absolute atomic E-state index is 11.3. The first-order chi connectivity index (χ1) is 9.88. The third-order valence-corrected chi connectivity index (χ3v) is 3.14. The van der Waals surface area contributed by atoms with Gasteiger partial charge in [0.2, 0.25) is 0 Å². The lowest BCUT2D eigenvalue weighted by atomic mass is 10.2. The van der Waals surface area contributed by atoms with Crippen molar-refractivity contribution in [2.45, 2.75) is 6.54 Å². The first-order valence-electron chi connectivity index (χ1n) is 5.88. The fraction of sp³-hybridized carbons (Fsp3) is 0.167. The lowest BCUT2D eigenvalue weighted by molar-refractivity contribution is -0.384. The van der Waals surface area contributed by atoms with Crippen molar-refractivity contribution >= 4 is 29.0 Å². The lowest BCUT2D eigenvalue weighted by Crippen LogP contribution is -2.13. The smallest absolute Gasteiger partial charge is 0.270 e. The molecule has 21 heavy (non-hydrogen) atoms. The summed E-state index contributed by atoms with van der Waals surface area (Å²) in [6.45, 7) is 0.258. The second-order valence-corrected chi connectivity index (χ2v) is 4.72. The summed E-state index contributed by atoms with van der Waals surface area (Å²) >= 11 is 5.99. The van der Waals surface area contributed by atoms with Gasteiger partial charge in [0, 0.05) is 31.9 Å². The molecule has 0 atom stereocenters. The van der Waals surface area contributed by atoms with Gasteiger partial charge in [-0.05, 0) is 11.6 Å². The van der Waals surface area contributed by atoms with Crippen LogP contribution in [0.3, 0.4) is 0 Å². The Morgan fingerprint density at radius 1 is 1.57 bits per heavy atom. The van der Waals surface area contributed by atoms with Gasteiger partial charge >= 0.3 is 0 Å². The first kappa shape index (κ1) is 14.8. The molecule has 0 saturated carbocycles. The van der Waals surface area contributed by atoms with Crippen molar-refractivity contribution in [1.82, 2.24) is 9.78 Å². The summed E-state index contributed by atoms with van der Waals surface area (Å²) in [6.07, 6.45) is 1.50. The summed E-state index contributed by atoms with van der Waals surface area (Å²) in [5, 5.41) is 17.9. The third kappa shape index (κ3) is 3.29. The summed E-state index contributed by atoms with van der Waals surface area (Å²) in [5.74, 6) is -0.264. The number of nitrogens with two attached hydrogens (primary N) is 1. The van der Waals surface area contributed by atoms with E-state index in [-0.39, 0.29) is 22.8 Å². The van der Waals surface area contributed by atoms with Crippen molar-refractivity contribution in [3.05, 3.63) is 50.7 Å². The van der Waals surface area contributed by atoms with E-state index >= 15 is 0 Å². The molecule has 8 nitrogen and oxygen atoms in total. The summed E-state index contributed by atoms with van der Waals surface area (Å²) in [4.78, 5) is 21.4. The molecule has 1 aromatic heterocycles. The molecule has 0 aliphatic heterocycles. The number of benzene rings is 1. The quantitative estimate of drug-likeness (QED) is 0.644. The molecule has 0 radical (unpaired) electrons. The van der Waals surface area contributed by atoms with Crippen LogP contribution in [0.5, 0.6) is 0 Å². The van der Waals surface area contributed by atoms with Gasteiger partial charge in [0.15, 0.2) is 5.82 Å². The third-order valence-electron chi connectivity index (χ3n) is 2.79. The fourth-order valence-electron chi connectivity index (χ4n) is 1.77. The van der Waals surface area contributed by atoms with Gasteiger partial charge < -0.3 is 11.1 Å². The van der Waals surface area contributed by atoms with Crippen LogP contribution in [-0.2, 0) is 13.6 Å². The van der Waals surface area contributed by atoms with E-state index in [2.05, 4.69) is 10.4 Å². The number of primary amides is 1. The maximum atomic E-state index is 11.3. The minimum Gasteiger partial charge on any atom is -0.365 e. The van der Waals surface area contributed by atoms with Crippen LogP contribution in [0.2, 0.25) is 5.02 Å². The van der Waals surface area contributed by atoms with Crippen LogP contribution in [0.4, 0.5) is 11.5 Å². The summed E-state index contributed by atoms with van der Waals surface area (Å²) in [5.41, 5.74) is 6.06. The van der Waals surface area contributed by atoms with Crippen molar-refractivity contribution in [2.24, 2.45) is 12.8 Å². The Hall–Kier alpha value is -2.61. The fourth-order valence-corrected chi connectivity index (χ4v) is 2.01. The largest absolute Gasteiger partial charge is 0.365 e. The normalized spacial score (nSPS) is 10.4. The number of nitro benzene ring substituents is 1. The zero-order valence-electron chi connectivity index (χ0n) is 11.0. The van der Waals surface area contributed by atoms with Crippen LogP contribution < -0.4 is 11.1 Å². The predicted octanol–water partition coefficient (Wildman–Crippen LogP) is 1.69. The highest BCUT2D eigenvalue weighted by Gasteiger charge is 2.14. The Bertz CT molecular complexity index is 713. The topological polar surface area (TPSA) is 116 Å². The molecule has 0 spiro atoms. The number of aromatic nitrogens is 2. The van der Waals surface area contributed by atoms with Crippen molar-refractivity contribution in [1.29, 1.82) is 0 Å². The van der Waals surface area contributed by atoms with Gasteiger partial charge in [-0.3, -0.25) is 19.6 Å². The number of anilines is 1. The SMILES string of the molecule is Cn1cc(C(N)=O)c(NCc2ccc([N+](=O)[O-])cc2Cl)n1. The molecule has 0 aliphatic rings. The molecule has 0 saturated heterocycles. The lowest BCUT2D eigenvalue weighted by Gasteiger charge is -2.06. The van der Waals surface area contributed by atoms with E-state index in [0.717, 1.165) is 0 Å². The molecular formula is C12H12ClN5O3. The molecule has 1 amide bonds. The van der Waals surface area contributed by atoms with E-state index < -0.39 is 10.8 Å². The number of nitrogens with zero attached hydrogens (tertiary/aromatic N) is 3. The first-order valence-corrected chi connectivity index (χ1v) is 6.26. The van der Waals surface area contributed by atoms with Crippen molar-refractivity contribution in [2.75, 3.05) is 5.32 Å². The van der Waals surface area contributed by atoms with E-state index in [1.165, 1.54) is 23.0 Å². The Morgan fingerprint density at radius 2 is 2.29 bits per heavy atom. The molecule has 1 heterocycles. The second-order valence-electron chi connectivity index (χ2n) is 4.32. The van der Waals surface area contributed by atoms with Crippen molar-refractivity contribution < 1.29 is 9.72 Å². The van der Waals surface area contributed by atoms with Crippen molar-refractivity contribution in [3.63, 3.8) is 0 Å². The summed E-state index contributed by atoms with van der Waals surface area (Å²) in [7, 11) is 1.66. The molecule has 110 valence electrons. The van der Waals surface area contributed by atoms with Gasteiger partial charge in [0.25, 0.3) is 11.6 Å². The van der Waals surface area contributed by atoms with Crippen LogP contribution in [0.1, 0.15) is 15.9 Å². The number of carbonyl (C=O) groups excluding carboxylic acids is 1. The van der Waals surface area contributed by atoms with Crippen LogP contribution in [-0.4, -0.2) is 20.6 Å². The zero-order chi connectivity index (χ0) is 15.6. The van der Waals surface area contributed by atoms with E-state index in [1.807, 2.05) is 0 Å². The number of hydrogen-bond donors (Lipinski definition) is 2. The number of carbonyl (C=O) groups is 1. The standard InChI is InChI=1S/C12H12ClN5O3/c1-17-6-9(11(14)19)12(16-17)15-5-7-2-3-8(18(20)21)4-10(7)13/h2-4,6H,5H2,1H3,(H2,14,19)(H,15,16). The van der Waals surface area contributed by atoms with E-state index in [1.54, 1.807) is 13.1 Å². The summed E-state index contributed by atoms with van der Waals surface area (Å²) < 4.78 is 1.46. The molecular weight excluding hydrogens is 298 g/mol. The monoisotopic (exact) mass is 309 g/mol. The van der Waals surface area contributed by atoms with E-state index in [9.17, 15) is 14.9 Å².